The van der Waals surface area contributed by atoms with E-state index in [9.17, 15) is 9.50 Å². The number of piperidine rings is 1. The van der Waals surface area contributed by atoms with Crippen LogP contribution in [0.15, 0.2) is 37.1 Å². The number of aliphatic hydroxyl groups is 1. The number of imidazole rings is 1. The number of ether oxygens (including phenoxy) is 1. The van der Waals surface area contributed by atoms with Gasteiger partial charge >= 0.3 is 0 Å². The number of anilines is 2. The Labute approximate surface area is 225 Å². The van der Waals surface area contributed by atoms with Gasteiger partial charge < -0.3 is 30.8 Å². The van der Waals surface area contributed by atoms with Gasteiger partial charge in [-0.1, -0.05) is 0 Å². The lowest BCUT2D eigenvalue weighted by molar-refractivity contribution is -0.0238. The predicted octanol–water partition coefficient (Wildman–Crippen LogP) is 2.87. The van der Waals surface area contributed by atoms with Gasteiger partial charge in [0, 0.05) is 24.6 Å². The number of pyridine rings is 1. The zero-order chi connectivity index (χ0) is 28.4. The van der Waals surface area contributed by atoms with Crippen LogP contribution in [0.2, 0.25) is 0 Å². The van der Waals surface area contributed by atoms with E-state index in [0.717, 1.165) is 12.1 Å². The number of hydrogen-bond acceptors (Lipinski definition) is 9. The molecule has 1 aliphatic carbocycles. The van der Waals surface area contributed by atoms with Crippen molar-refractivity contribution in [2.24, 2.45) is 5.73 Å². The van der Waals surface area contributed by atoms with E-state index in [4.69, 9.17) is 16.2 Å². The molecule has 10 nitrogen and oxygen atoms in total. The van der Waals surface area contributed by atoms with Crippen molar-refractivity contribution in [3.8, 4) is 17.0 Å². The van der Waals surface area contributed by atoms with E-state index >= 15 is 13.2 Å². The Morgan fingerprint density at radius 1 is 1.12 bits per heavy atom. The smallest absolute Gasteiger partial charge is 0.272 e. The van der Waals surface area contributed by atoms with Crippen LogP contribution in [0.25, 0.3) is 22.4 Å². The van der Waals surface area contributed by atoms with Crippen LogP contribution in [0.5, 0.6) is 5.75 Å². The normalized spacial score (nSPS) is 23.9. The fraction of sp³-hybridized carbons (Fsp3) is 0.385. The predicted molar refractivity (Wildman–Crippen MR) is 138 cm³/mol. The molecular formula is C26H26F4N8O2. The third-order valence-corrected chi connectivity index (χ3v) is 7.88. The lowest BCUT2D eigenvalue weighted by atomic mass is 9.81. The summed E-state index contributed by atoms with van der Waals surface area (Å²) in [6.45, 7) is 0.276. The maximum atomic E-state index is 15.3. The van der Waals surface area contributed by atoms with Crippen molar-refractivity contribution < 1.29 is 27.4 Å². The molecule has 40 heavy (non-hydrogen) atoms. The minimum Gasteiger partial charge on any atom is -0.494 e. The molecule has 210 valence electrons. The largest absolute Gasteiger partial charge is 0.494 e. The Kier molecular flexibility index (Phi) is 6.07. The van der Waals surface area contributed by atoms with Crippen molar-refractivity contribution in [1.29, 1.82) is 0 Å². The Balaban J connectivity index is 1.51. The van der Waals surface area contributed by atoms with Crippen LogP contribution >= 0.6 is 0 Å². The number of halogens is 4. The number of rotatable bonds is 5. The van der Waals surface area contributed by atoms with Gasteiger partial charge in [0.1, 0.15) is 23.7 Å². The topological polar surface area (TPSA) is 141 Å². The molecule has 1 aliphatic heterocycles. The number of nitrogen functional groups attached to an aromatic ring is 1. The van der Waals surface area contributed by atoms with Gasteiger partial charge in [-0.25, -0.2) is 32.5 Å². The molecule has 4 heterocycles. The van der Waals surface area contributed by atoms with Gasteiger partial charge in [0.25, 0.3) is 5.92 Å². The van der Waals surface area contributed by atoms with Crippen molar-refractivity contribution in [1.82, 2.24) is 24.5 Å². The van der Waals surface area contributed by atoms with Crippen LogP contribution in [-0.4, -0.2) is 66.9 Å². The van der Waals surface area contributed by atoms with E-state index in [1.54, 1.807) is 4.57 Å². The first kappa shape index (κ1) is 26.2. The quantitative estimate of drug-likeness (QED) is 0.315. The summed E-state index contributed by atoms with van der Waals surface area (Å²) in [5.74, 6) is -4.95. The second kappa shape index (κ2) is 9.27. The Morgan fingerprint density at radius 3 is 2.70 bits per heavy atom. The average Bonchev–Trinajstić information content (AvgIpc) is 3.40. The molecule has 1 unspecified atom stereocenters. The number of nitrogens with two attached hydrogens (primary N) is 2. The summed E-state index contributed by atoms with van der Waals surface area (Å²) in [5.41, 5.74) is 12.3. The van der Waals surface area contributed by atoms with Gasteiger partial charge in [-0.05, 0) is 30.5 Å². The first-order chi connectivity index (χ1) is 19.0. The molecule has 5 N–H and O–H groups in total. The van der Waals surface area contributed by atoms with Gasteiger partial charge in [0.05, 0.1) is 49.2 Å². The van der Waals surface area contributed by atoms with E-state index in [0.29, 0.717) is 28.8 Å². The number of methoxy groups -OCH3 is 1. The average molecular weight is 559 g/mol. The summed E-state index contributed by atoms with van der Waals surface area (Å²) in [5, 5.41) is 10.5. The lowest BCUT2D eigenvalue weighted by Gasteiger charge is -2.47. The molecule has 1 aromatic carbocycles. The third-order valence-electron chi connectivity index (χ3n) is 7.88. The fourth-order valence-corrected chi connectivity index (χ4v) is 6.00. The summed E-state index contributed by atoms with van der Waals surface area (Å²) in [6, 6.07) is 1.89. The van der Waals surface area contributed by atoms with Crippen LogP contribution in [0.1, 0.15) is 24.8 Å². The molecule has 1 saturated heterocycles. The first-order valence-corrected chi connectivity index (χ1v) is 12.6. The molecule has 2 aliphatic rings. The Hall–Kier alpha value is -4.04. The zero-order valence-corrected chi connectivity index (χ0v) is 21.4. The molecule has 0 radical (unpaired) electrons. The molecule has 14 heteroatoms. The van der Waals surface area contributed by atoms with Crippen LogP contribution in [0, 0.1) is 11.6 Å². The summed E-state index contributed by atoms with van der Waals surface area (Å²) in [6.07, 6.45) is 2.63. The standard InChI is InChI=1S/C26H26F4N8O2/c1-40-19-7-15(27)14(6-16(19)28)17-5-13(10-37-12-36-21-22(31)34-11-35-23(21)37)18(9-33-17)38-4-2-3-25(32)20(39)8-26(29,30)24(25)38/h5-7,9,11-12,20,24,39H,2-4,8,10,32H2,1H3,(H2,31,34,35)/t20-,24?,25-/m0/s1. The van der Waals surface area contributed by atoms with Crippen molar-refractivity contribution >= 4 is 22.7 Å². The number of aliphatic hydroxyl groups excluding tert-OH is 1. The summed E-state index contributed by atoms with van der Waals surface area (Å²) < 4.78 is 66.7. The van der Waals surface area contributed by atoms with Crippen molar-refractivity contribution in [2.75, 3.05) is 24.3 Å². The number of hydrogen-bond donors (Lipinski definition) is 3. The van der Waals surface area contributed by atoms with Gasteiger partial charge in [-0.2, -0.15) is 0 Å². The molecule has 0 spiro atoms. The molecule has 0 bridgehead atoms. The van der Waals surface area contributed by atoms with E-state index < -0.39 is 41.7 Å². The monoisotopic (exact) mass is 558 g/mol. The maximum absolute atomic E-state index is 15.3. The van der Waals surface area contributed by atoms with Crippen LogP contribution in [0.3, 0.4) is 0 Å². The van der Waals surface area contributed by atoms with Gasteiger partial charge in [0.2, 0.25) is 0 Å². The fourth-order valence-electron chi connectivity index (χ4n) is 6.00. The second-order valence-electron chi connectivity index (χ2n) is 10.3. The van der Waals surface area contributed by atoms with E-state index in [1.165, 1.54) is 36.9 Å². The maximum Gasteiger partial charge on any atom is 0.272 e. The van der Waals surface area contributed by atoms with E-state index in [1.807, 2.05) is 0 Å². The first-order valence-electron chi connectivity index (χ1n) is 12.6. The lowest BCUT2D eigenvalue weighted by Crippen LogP contribution is -2.67. The van der Waals surface area contributed by atoms with Crippen molar-refractivity contribution in [3.63, 3.8) is 0 Å². The highest BCUT2D eigenvalue weighted by Crippen LogP contribution is 2.49. The summed E-state index contributed by atoms with van der Waals surface area (Å²) in [4.78, 5) is 18.3. The van der Waals surface area contributed by atoms with Gasteiger partial charge in [0.15, 0.2) is 23.0 Å². The van der Waals surface area contributed by atoms with Gasteiger partial charge in [-0.15, -0.1) is 0 Å². The highest BCUT2D eigenvalue weighted by molar-refractivity contribution is 5.81. The Morgan fingerprint density at radius 2 is 1.93 bits per heavy atom. The number of fused-ring (bicyclic) bond motifs is 2. The van der Waals surface area contributed by atoms with Crippen LogP contribution < -0.4 is 21.1 Å². The SMILES string of the molecule is COc1cc(F)c(-c2cc(Cn3cnc4c(N)ncnc43)c(N3CCC[C@@]4(N)C3C(F)(F)C[C@@H]4O)cn2)cc1F. The van der Waals surface area contributed by atoms with E-state index in [2.05, 4.69) is 19.9 Å². The molecule has 1 saturated carbocycles. The molecule has 4 aromatic rings. The second-order valence-corrected chi connectivity index (χ2v) is 10.3. The van der Waals surface area contributed by atoms with E-state index in [-0.39, 0.29) is 42.3 Å². The van der Waals surface area contributed by atoms with Gasteiger partial charge in [-0.3, -0.25) is 4.98 Å². The number of aromatic nitrogens is 5. The third kappa shape index (κ3) is 4.01. The van der Waals surface area contributed by atoms with Crippen molar-refractivity contribution in [3.05, 3.63) is 54.2 Å². The number of benzene rings is 1. The highest BCUT2D eigenvalue weighted by Gasteiger charge is 2.65. The van der Waals surface area contributed by atoms with Crippen LogP contribution in [0.4, 0.5) is 29.1 Å². The number of nitrogens with zero attached hydrogens (tertiary/aromatic N) is 6. The molecule has 3 aromatic heterocycles. The molecule has 6 rings (SSSR count). The zero-order valence-electron chi connectivity index (χ0n) is 21.4. The molecular weight excluding hydrogens is 532 g/mol. The Bertz CT molecular complexity index is 1620. The number of alkyl halides is 2. The van der Waals surface area contributed by atoms with Crippen LogP contribution in [-0.2, 0) is 6.54 Å². The molecule has 2 fully saturated rings. The highest BCUT2D eigenvalue weighted by atomic mass is 19.3. The molecule has 3 atom stereocenters. The minimum absolute atomic E-state index is 0.0486. The summed E-state index contributed by atoms with van der Waals surface area (Å²) >= 11 is 0. The summed E-state index contributed by atoms with van der Waals surface area (Å²) in [7, 11) is 1.22. The van der Waals surface area contributed by atoms with Crippen molar-refractivity contribution in [2.45, 2.75) is 49.4 Å². The molecule has 0 amide bonds. The minimum atomic E-state index is -3.28.